The standard InChI is InChI=1S/C18H25N3O2/c1-4-23-18(22)16-13(3)17(21-10-9-20-11-15(16)21)12(2)14-5-7-19-8-6-14/h9-12,14,19H,4-8H2,1-3H3. The topological polar surface area (TPSA) is 55.6 Å². The number of hydrogen-bond donors (Lipinski definition) is 1. The lowest BCUT2D eigenvalue weighted by Gasteiger charge is -2.29. The Bertz CT molecular complexity index is 702. The molecule has 1 fully saturated rings. The molecule has 1 aliphatic heterocycles. The molecule has 0 radical (unpaired) electrons. The second kappa shape index (κ2) is 6.71. The second-order valence-electron chi connectivity index (χ2n) is 6.31. The van der Waals surface area contributed by atoms with Gasteiger partial charge in [-0.3, -0.25) is 4.98 Å². The zero-order valence-corrected chi connectivity index (χ0v) is 14.1. The molecule has 124 valence electrons. The molecule has 5 heteroatoms. The Kier molecular flexibility index (Phi) is 4.66. The van der Waals surface area contributed by atoms with Crippen LogP contribution in [-0.4, -0.2) is 35.1 Å². The highest BCUT2D eigenvalue weighted by Crippen LogP contribution is 2.36. The molecule has 1 unspecified atom stereocenters. The van der Waals surface area contributed by atoms with Gasteiger partial charge in [-0.2, -0.15) is 0 Å². The number of carbonyl (C=O) groups is 1. The second-order valence-corrected chi connectivity index (χ2v) is 6.31. The highest BCUT2D eigenvalue weighted by molar-refractivity contribution is 5.99. The van der Waals surface area contributed by atoms with E-state index in [0.29, 0.717) is 24.0 Å². The van der Waals surface area contributed by atoms with Crippen LogP contribution in [0.4, 0.5) is 0 Å². The van der Waals surface area contributed by atoms with Crippen LogP contribution in [0.3, 0.4) is 0 Å². The third-order valence-corrected chi connectivity index (χ3v) is 5.03. The van der Waals surface area contributed by atoms with Gasteiger partial charge >= 0.3 is 5.97 Å². The number of fused-ring (bicyclic) bond motifs is 1. The summed E-state index contributed by atoms with van der Waals surface area (Å²) in [6, 6.07) is 0. The molecule has 1 saturated heterocycles. The fraction of sp³-hybridized carbons (Fsp3) is 0.556. The first kappa shape index (κ1) is 16.0. The smallest absolute Gasteiger partial charge is 0.340 e. The third kappa shape index (κ3) is 2.85. The fourth-order valence-corrected chi connectivity index (χ4v) is 3.85. The van der Waals surface area contributed by atoms with Gasteiger partial charge in [0, 0.05) is 18.1 Å². The Hall–Kier alpha value is -1.88. The summed E-state index contributed by atoms with van der Waals surface area (Å²) < 4.78 is 7.39. The van der Waals surface area contributed by atoms with Gasteiger partial charge in [-0.15, -0.1) is 0 Å². The number of nitrogens with one attached hydrogen (secondary N) is 1. The molecule has 1 atom stereocenters. The predicted molar refractivity (Wildman–Crippen MR) is 89.9 cm³/mol. The van der Waals surface area contributed by atoms with Gasteiger partial charge in [0.2, 0.25) is 0 Å². The van der Waals surface area contributed by atoms with E-state index in [9.17, 15) is 4.79 Å². The van der Waals surface area contributed by atoms with Crippen molar-refractivity contribution in [2.24, 2.45) is 5.92 Å². The van der Waals surface area contributed by atoms with Crippen molar-refractivity contribution in [2.45, 2.75) is 39.5 Å². The zero-order chi connectivity index (χ0) is 16.4. The van der Waals surface area contributed by atoms with E-state index in [1.165, 1.54) is 18.5 Å². The normalized spacial score (nSPS) is 17.3. The van der Waals surface area contributed by atoms with Crippen LogP contribution in [0.25, 0.3) is 5.52 Å². The Morgan fingerprint density at radius 1 is 1.48 bits per heavy atom. The van der Waals surface area contributed by atoms with Crippen LogP contribution in [0.1, 0.15) is 54.2 Å². The monoisotopic (exact) mass is 315 g/mol. The summed E-state index contributed by atoms with van der Waals surface area (Å²) in [5.41, 5.74) is 3.76. The minimum atomic E-state index is -0.251. The SMILES string of the molecule is CCOC(=O)c1c(C)c(C(C)C2CCNCC2)n2ccncc12. The zero-order valence-electron chi connectivity index (χ0n) is 14.1. The van der Waals surface area contributed by atoms with Crippen LogP contribution < -0.4 is 5.32 Å². The van der Waals surface area contributed by atoms with E-state index in [0.717, 1.165) is 24.2 Å². The molecule has 0 amide bonds. The van der Waals surface area contributed by atoms with Crippen molar-refractivity contribution in [3.05, 3.63) is 35.4 Å². The first-order valence-corrected chi connectivity index (χ1v) is 8.47. The quantitative estimate of drug-likeness (QED) is 0.882. The summed E-state index contributed by atoms with van der Waals surface area (Å²) in [6.45, 7) is 8.68. The van der Waals surface area contributed by atoms with E-state index >= 15 is 0 Å². The molecule has 0 saturated carbocycles. The molecular formula is C18H25N3O2. The molecule has 0 aromatic carbocycles. The number of hydrogen-bond acceptors (Lipinski definition) is 4. The molecule has 23 heavy (non-hydrogen) atoms. The van der Waals surface area contributed by atoms with Crippen molar-refractivity contribution in [1.29, 1.82) is 0 Å². The molecule has 0 spiro atoms. The predicted octanol–water partition coefficient (Wildman–Crippen LogP) is 2.92. The highest BCUT2D eigenvalue weighted by Gasteiger charge is 2.29. The highest BCUT2D eigenvalue weighted by atomic mass is 16.5. The lowest BCUT2D eigenvalue weighted by molar-refractivity contribution is 0.0528. The van der Waals surface area contributed by atoms with Crippen molar-refractivity contribution >= 4 is 11.5 Å². The number of aromatic nitrogens is 2. The van der Waals surface area contributed by atoms with E-state index in [-0.39, 0.29) is 5.97 Å². The summed E-state index contributed by atoms with van der Waals surface area (Å²) in [4.78, 5) is 16.6. The van der Waals surface area contributed by atoms with Gasteiger partial charge in [0.25, 0.3) is 0 Å². The number of piperidine rings is 1. The summed E-state index contributed by atoms with van der Waals surface area (Å²) in [5.74, 6) is 0.783. The van der Waals surface area contributed by atoms with E-state index in [4.69, 9.17) is 4.74 Å². The summed E-state index contributed by atoms with van der Waals surface area (Å²) >= 11 is 0. The van der Waals surface area contributed by atoms with Crippen molar-refractivity contribution < 1.29 is 9.53 Å². The molecule has 2 aromatic rings. The molecule has 1 N–H and O–H groups in total. The Morgan fingerprint density at radius 3 is 2.91 bits per heavy atom. The number of ether oxygens (including phenoxy) is 1. The van der Waals surface area contributed by atoms with Gasteiger partial charge in [-0.05, 0) is 57.2 Å². The lowest BCUT2D eigenvalue weighted by Crippen LogP contribution is -2.30. The Morgan fingerprint density at radius 2 is 2.22 bits per heavy atom. The van der Waals surface area contributed by atoms with Crippen LogP contribution in [0.2, 0.25) is 0 Å². The van der Waals surface area contributed by atoms with Crippen LogP contribution in [0.15, 0.2) is 18.6 Å². The minimum Gasteiger partial charge on any atom is -0.462 e. The summed E-state index contributed by atoms with van der Waals surface area (Å²) in [5, 5.41) is 3.42. The average Bonchev–Trinajstić information content (AvgIpc) is 2.87. The van der Waals surface area contributed by atoms with Gasteiger partial charge in [0.15, 0.2) is 0 Å². The number of esters is 1. The molecule has 3 heterocycles. The maximum Gasteiger partial charge on any atom is 0.340 e. The molecule has 3 rings (SSSR count). The molecule has 2 aromatic heterocycles. The van der Waals surface area contributed by atoms with Crippen LogP contribution in [0, 0.1) is 12.8 Å². The van der Waals surface area contributed by atoms with Crippen molar-refractivity contribution in [3.8, 4) is 0 Å². The van der Waals surface area contributed by atoms with Crippen LogP contribution >= 0.6 is 0 Å². The van der Waals surface area contributed by atoms with Crippen molar-refractivity contribution in [2.75, 3.05) is 19.7 Å². The van der Waals surface area contributed by atoms with Gasteiger partial charge in [-0.25, -0.2) is 4.79 Å². The maximum absolute atomic E-state index is 12.4. The Labute approximate surface area is 137 Å². The largest absolute Gasteiger partial charge is 0.462 e. The summed E-state index contributed by atoms with van der Waals surface area (Å²) in [6.07, 6.45) is 7.84. The van der Waals surface area contributed by atoms with E-state index in [2.05, 4.69) is 21.6 Å². The third-order valence-electron chi connectivity index (χ3n) is 5.03. The molecule has 0 bridgehead atoms. The lowest BCUT2D eigenvalue weighted by atomic mass is 9.83. The van der Waals surface area contributed by atoms with E-state index in [1.807, 2.05) is 20.0 Å². The van der Waals surface area contributed by atoms with E-state index in [1.54, 1.807) is 12.4 Å². The summed E-state index contributed by atoms with van der Waals surface area (Å²) in [7, 11) is 0. The van der Waals surface area contributed by atoms with Gasteiger partial charge < -0.3 is 14.5 Å². The molecule has 0 aliphatic carbocycles. The average molecular weight is 315 g/mol. The molecular weight excluding hydrogens is 290 g/mol. The fourth-order valence-electron chi connectivity index (χ4n) is 3.85. The van der Waals surface area contributed by atoms with Gasteiger partial charge in [0.1, 0.15) is 0 Å². The van der Waals surface area contributed by atoms with Crippen LogP contribution in [0.5, 0.6) is 0 Å². The minimum absolute atomic E-state index is 0.251. The molecule has 1 aliphatic rings. The number of nitrogens with zero attached hydrogens (tertiary/aromatic N) is 2. The first-order chi connectivity index (χ1) is 11.1. The number of carbonyl (C=O) groups excluding carboxylic acids is 1. The number of rotatable bonds is 4. The van der Waals surface area contributed by atoms with E-state index < -0.39 is 0 Å². The van der Waals surface area contributed by atoms with Crippen molar-refractivity contribution in [3.63, 3.8) is 0 Å². The maximum atomic E-state index is 12.4. The van der Waals surface area contributed by atoms with Crippen LogP contribution in [-0.2, 0) is 4.74 Å². The van der Waals surface area contributed by atoms with Gasteiger partial charge in [0.05, 0.1) is 23.9 Å². The Balaban J connectivity index is 2.09. The van der Waals surface area contributed by atoms with Gasteiger partial charge in [-0.1, -0.05) is 6.92 Å². The van der Waals surface area contributed by atoms with Crippen molar-refractivity contribution in [1.82, 2.24) is 14.7 Å². The molecule has 5 nitrogen and oxygen atoms in total. The first-order valence-electron chi connectivity index (χ1n) is 8.47.